The van der Waals surface area contributed by atoms with Crippen molar-refractivity contribution < 1.29 is 14.8 Å². The summed E-state index contributed by atoms with van der Waals surface area (Å²) in [6, 6.07) is 19.9. The molecule has 128 valence electrons. The van der Waals surface area contributed by atoms with Crippen molar-refractivity contribution >= 4 is 23.6 Å². The largest absolute Gasteiger partial charge is 0.507 e. The van der Waals surface area contributed by atoms with Gasteiger partial charge in [0.2, 0.25) is 0 Å². The standard InChI is InChI=1S/C21H15NO4/c23-20-13-12-19(22(25)26)14-18(20)11-8-15-6-9-17(10-7-15)21(24)16-4-2-1-3-5-16/h1-14,23H. The fourth-order valence-corrected chi connectivity index (χ4v) is 2.48. The van der Waals surface area contributed by atoms with Crippen LogP contribution >= 0.6 is 0 Å². The third-order valence-electron chi connectivity index (χ3n) is 3.89. The average molecular weight is 345 g/mol. The summed E-state index contributed by atoms with van der Waals surface area (Å²) in [6.45, 7) is 0. The minimum Gasteiger partial charge on any atom is -0.507 e. The Morgan fingerprint density at radius 3 is 2.19 bits per heavy atom. The van der Waals surface area contributed by atoms with Crippen LogP contribution in [0.3, 0.4) is 0 Å². The van der Waals surface area contributed by atoms with E-state index in [-0.39, 0.29) is 17.2 Å². The Hall–Kier alpha value is -3.73. The van der Waals surface area contributed by atoms with Crippen molar-refractivity contribution in [3.8, 4) is 5.75 Å². The van der Waals surface area contributed by atoms with Crippen LogP contribution in [0, 0.1) is 10.1 Å². The van der Waals surface area contributed by atoms with Gasteiger partial charge in [-0.15, -0.1) is 0 Å². The van der Waals surface area contributed by atoms with Crippen molar-refractivity contribution in [3.05, 3.63) is 105 Å². The van der Waals surface area contributed by atoms with Gasteiger partial charge in [-0.3, -0.25) is 14.9 Å². The lowest BCUT2D eigenvalue weighted by Gasteiger charge is -2.02. The average Bonchev–Trinajstić information content (AvgIpc) is 2.67. The lowest BCUT2D eigenvalue weighted by Crippen LogP contribution is -2.00. The number of hydrogen-bond donors (Lipinski definition) is 1. The van der Waals surface area contributed by atoms with E-state index < -0.39 is 4.92 Å². The third kappa shape index (κ3) is 3.84. The molecular formula is C21H15NO4. The highest BCUT2D eigenvalue weighted by atomic mass is 16.6. The Morgan fingerprint density at radius 2 is 1.54 bits per heavy atom. The minimum absolute atomic E-state index is 0.0391. The van der Waals surface area contributed by atoms with Crippen molar-refractivity contribution in [2.75, 3.05) is 0 Å². The van der Waals surface area contributed by atoms with Gasteiger partial charge in [0.15, 0.2) is 5.78 Å². The van der Waals surface area contributed by atoms with Crippen molar-refractivity contribution in [1.29, 1.82) is 0 Å². The smallest absolute Gasteiger partial charge is 0.270 e. The molecule has 0 amide bonds. The van der Waals surface area contributed by atoms with Crippen LogP contribution in [0.1, 0.15) is 27.0 Å². The number of rotatable bonds is 5. The molecule has 5 heteroatoms. The second-order valence-electron chi connectivity index (χ2n) is 5.65. The van der Waals surface area contributed by atoms with E-state index in [1.807, 2.05) is 18.2 Å². The quantitative estimate of drug-likeness (QED) is 0.314. The Kier molecular flexibility index (Phi) is 4.90. The summed E-state index contributed by atoms with van der Waals surface area (Å²) in [5.74, 6) is -0.0971. The van der Waals surface area contributed by atoms with E-state index in [4.69, 9.17) is 0 Å². The van der Waals surface area contributed by atoms with E-state index in [2.05, 4.69) is 0 Å². The summed E-state index contributed by atoms with van der Waals surface area (Å²) in [5.41, 5.74) is 2.26. The van der Waals surface area contributed by atoms with E-state index in [1.165, 1.54) is 18.2 Å². The maximum absolute atomic E-state index is 12.4. The molecule has 0 atom stereocenters. The number of aromatic hydroxyl groups is 1. The first-order valence-corrected chi connectivity index (χ1v) is 7.90. The number of hydrogen-bond acceptors (Lipinski definition) is 4. The first kappa shape index (κ1) is 17.1. The second kappa shape index (κ2) is 7.44. The maximum Gasteiger partial charge on any atom is 0.270 e. The van der Waals surface area contributed by atoms with E-state index in [0.29, 0.717) is 16.7 Å². The topological polar surface area (TPSA) is 80.4 Å². The SMILES string of the molecule is O=C(c1ccccc1)c1ccc(C=Cc2cc([N+](=O)[O-])ccc2O)cc1. The molecule has 0 aliphatic carbocycles. The summed E-state index contributed by atoms with van der Waals surface area (Å²) >= 11 is 0. The second-order valence-corrected chi connectivity index (χ2v) is 5.65. The highest BCUT2D eigenvalue weighted by Gasteiger charge is 2.09. The maximum atomic E-state index is 12.4. The Morgan fingerprint density at radius 1 is 0.885 bits per heavy atom. The summed E-state index contributed by atoms with van der Waals surface area (Å²) < 4.78 is 0. The zero-order valence-electron chi connectivity index (χ0n) is 13.7. The monoisotopic (exact) mass is 345 g/mol. The summed E-state index contributed by atoms with van der Waals surface area (Å²) in [5, 5.41) is 20.6. The number of phenols is 1. The molecule has 0 aliphatic rings. The van der Waals surface area contributed by atoms with Crippen LogP contribution in [-0.4, -0.2) is 15.8 Å². The summed E-state index contributed by atoms with van der Waals surface area (Å²) in [6.07, 6.45) is 3.31. The predicted octanol–water partition coefficient (Wildman–Crippen LogP) is 4.70. The van der Waals surface area contributed by atoms with Gasteiger partial charge in [-0.2, -0.15) is 0 Å². The van der Waals surface area contributed by atoms with Crippen molar-refractivity contribution in [2.24, 2.45) is 0 Å². The zero-order chi connectivity index (χ0) is 18.5. The molecule has 0 fully saturated rings. The molecule has 0 bridgehead atoms. The highest BCUT2D eigenvalue weighted by molar-refractivity contribution is 6.09. The van der Waals surface area contributed by atoms with Crippen LogP contribution in [-0.2, 0) is 0 Å². The van der Waals surface area contributed by atoms with Gasteiger partial charge in [-0.1, -0.05) is 66.7 Å². The zero-order valence-corrected chi connectivity index (χ0v) is 13.7. The van der Waals surface area contributed by atoms with Gasteiger partial charge < -0.3 is 5.11 Å². The van der Waals surface area contributed by atoms with Gasteiger partial charge in [-0.25, -0.2) is 0 Å². The molecule has 0 heterocycles. The van der Waals surface area contributed by atoms with Gasteiger partial charge in [0.1, 0.15) is 5.75 Å². The molecule has 3 rings (SSSR count). The van der Waals surface area contributed by atoms with Gasteiger partial charge in [0.25, 0.3) is 5.69 Å². The number of ketones is 1. The van der Waals surface area contributed by atoms with Crippen LogP contribution in [0.2, 0.25) is 0 Å². The van der Waals surface area contributed by atoms with Crippen LogP contribution < -0.4 is 0 Å². The van der Waals surface area contributed by atoms with Crippen LogP contribution in [0.4, 0.5) is 5.69 Å². The molecule has 26 heavy (non-hydrogen) atoms. The number of non-ortho nitro benzene ring substituents is 1. The molecule has 0 aromatic heterocycles. The first-order valence-electron chi connectivity index (χ1n) is 7.90. The molecule has 0 saturated heterocycles. The lowest BCUT2D eigenvalue weighted by atomic mass is 10.0. The molecule has 3 aromatic rings. The van der Waals surface area contributed by atoms with Crippen LogP contribution in [0.15, 0.2) is 72.8 Å². The Balaban J connectivity index is 1.80. The van der Waals surface area contributed by atoms with E-state index in [9.17, 15) is 20.0 Å². The van der Waals surface area contributed by atoms with Crippen LogP contribution in [0.25, 0.3) is 12.2 Å². The molecule has 0 aliphatic heterocycles. The van der Waals surface area contributed by atoms with Gasteiger partial charge in [0, 0.05) is 28.8 Å². The number of nitrogens with zero attached hydrogens (tertiary/aromatic N) is 1. The summed E-state index contributed by atoms with van der Waals surface area (Å²) in [7, 11) is 0. The van der Waals surface area contributed by atoms with Crippen molar-refractivity contribution in [2.45, 2.75) is 0 Å². The normalized spacial score (nSPS) is 10.8. The number of nitro groups is 1. The number of benzene rings is 3. The van der Waals surface area contributed by atoms with Crippen LogP contribution in [0.5, 0.6) is 5.75 Å². The number of nitro benzene ring substituents is 1. The number of carbonyl (C=O) groups excluding carboxylic acids is 1. The molecule has 0 unspecified atom stereocenters. The Bertz CT molecular complexity index is 977. The van der Waals surface area contributed by atoms with Gasteiger partial charge >= 0.3 is 0 Å². The number of phenolic OH excluding ortho intramolecular Hbond substituents is 1. The van der Waals surface area contributed by atoms with E-state index in [1.54, 1.807) is 48.6 Å². The molecule has 1 N–H and O–H groups in total. The molecular weight excluding hydrogens is 330 g/mol. The van der Waals surface area contributed by atoms with E-state index in [0.717, 1.165) is 5.56 Å². The predicted molar refractivity (Wildman–Crippen MR) is 100 cm³/mol. The fraction of sp³-hybridized carbons (Fsp3) is 0. The number of carbonyl (C=O) groups is 1. The van der Waals surface area contributed by atoms with Crippen molar-refractivity contribution in [3.63, 3.8) is 0 Å². The summed E-state index contributed by atoms with van der Waals surface area (Å²) in [4.78, 5) is 22.7. The van der Waals surface area contributed by atoms with Gasteiger partial charge in [0.05, 0.1) is 4.92 Å². The van der Waals surface area contributed by atoms with Gasteiger partial charge in [-0.05, 0) is 11.6 Å². The lowest BCUT2D eigenvalue weighted by molar-refractivity contribution is -0.384. The van der Waals surface area contributed by atoms with E-state index >= 15 is 0 Å². The minimum atomic E-state index is -0.513. The highest BCUT2D eigenvalue weighted by Crippen LogP contribution is 2.25. The molecule has 0 radical (unpaired) electrons. The Labute approximate surface area is 150 Å². The molecule has 0 spiro atoms. The fourth-order valence-electron chi connectivity index (χ4n) is 2.48. The van der Waals surface area contributed by atoms with Crippen molar-refractivity contribution in [1.82, 2.24) is 0 Å². The first-order chi connectivity index (χ1) is 12.5. The molecule has 3 aromatic carbocycles. The third-order valence-corrected chi connectivity index (χ3v) is 3.89. The molecule has 5 nitrogen and oxygen atoms in total. The molecule has 0 saturated carbocycles.